The number of likely N-dealkylation sites (N-methyl/N-ethyl adjacent to an activating group) is 1. The molecule has 2 aromatic heterocycles. The quantitative estimate of drug-likeness (QED) is 0.191. The van der Waals surface area contributed by atoms with E-state index in [9.17, 15) is 18.0 Å². The van der Waals surface area contributed by atoms with Gasteiger partial charge in [0.25, 0.3) is 0 Å². The minimum atomic E-state index is -4.55. The maximum atomic E-state index is 14.2. The van der Waals surface area contributed by atoms with E-state index in [1.54, 1.807) is 6.20 Å². The van der Waals surface area contributed by atoms with E-state index in [-0.39, 0.29) is 23.0 Å². The van der Waals surface area contributed by atoms with Crippen molar-refractivity contribution in [3.63, 3.8) is 0 Å². The van der Waals surface area contributed by atoms with E-state index in [1.807, 2.05) is 24.0 Å². The fraction of sp³-hybridized carbons (Fsp3) is 0.571. The van der Waals surface area contributed by atoms with E-state index in [2.05, 4.69) is 56.5 Å². The first-order valence-electron chi connectivity index (χ1n) is 20.2. The normalized spacial score (nSPS) is 22.1. The SMILES string of the molecule is C=CC(=O)N1CC2(CCN(c3nc(N4CCC(N5CC[C@H](N(C)C)C5)CC4)nc4c(OCC(F)(F)F)c(-c5c(C)ccc6[nH]ncc56)c(C5CC5)cc34)CC2)C1. The Morgan fingerprint density at radius 1 is 1.00 bits per heavy atom. The van der Waals surface area contributed by atoms with Gasteiger partial charge in [-0.05, 0) is 107 Å². The number of carbonyl (C=O) groups is 1. The summed E-state index contributed by atoms with van der Waals surface area (Å²) in [6.07, 6.45) is 5.34. The van der Waals surface area contributed by atoms with Crippen molar-refractivity contribution >= 4 is 39.5 Å². The molecule has 9 rings (SSSR count). The van der Waals surface area contributed by atoms with E-state index < -0.39 is 12.8 Å². The van der Waals surface area contributed by atoms with Crippen molar-refractivity contribution in [2.24, 2.45) is 5.41 Å². The lowest BCUT2D eigenvalue weighted by Gasteiger charge is -2.54. The molecular formula is C42H52F3N9O2. The van der Waals surface area contributed by atoms with Crippen molar-refractivity contribution < 1.29 is 22.7 Å². The molecule has 4 aliphatic heterocycles. The van der Waals surface area contributed by atoms with Gasteiger partial charge < -0.3 is 24.3 Å². The van der Waals surface area contributed by atoms with Gasteiger partial charge in [-0.1, -0.05) is 12.6 Å². The van der Waals surface area contributed by atoms with Crippen LogP contribution in [-0.4, -0.2) is 132 Å². The minimum absolute atomic E-state index is 0.0355. The van der Waals surface area contributed by atoms with Crippen molar-refractivity contribution in [2.75, 3.05) is 82.9 Å². The maximum absolute atomic E-state index is 14.2. The number of alkyl halides is 3. The van der Waals surface area contributed by atoms with Gasteiger partial charge in [0.1, 0.15) is 11.3 Å². The molecule has 1 spiro atoms. The van der Waals surface area contributed by atoms with Crippen LogP contribution in [0.25, 0.3) is 32.9 Å². The third kappa shape index (κ3) is 6.86. The molecule has 0 unspecified atom stereocenters. The number of aromatic amines is 1. The Morgan fingerprint density at radius 2 is 1.75 bits per heavy atom. The number of rotatable bonds is 9. The van der Waals surface area contributed by atoms with E-state index in [1.165, 1.54) is 12.5 Å². The number of fused-ring (bicyclic) bond motifs is 2. The zero-order valence-electron chi connectivity index (χ0n) is 32.7. The summed E-state index contributed by atoms with van der Waals surface area (Å²) in [7, 11) is 4.31. The lowest BCUT2D eigenvalue weighted by molar-refractivity contribution is -0.153. The Morgan fingerprint density at radius 3 is 2.41 bits per heavy atom. The third-order valence-corrected chi connectivity index (χ3v) is 13.3. The van der Waals surface area contributed by atoms with Gasteiger partial charge in [0.05, 0.1) is 11.7 Å². The molecule has 2 aromatic carbocycles. The number of nitrogens with zero attached hydrogens (tertiary/aromatic N) is 8. The number of nitrogens with one attached hydrogen (secondary N) is 1. The molecule has 4 saturated heterocycles. The summed E-state index contributed by atoms with van der Waals surface area (Å²) in [4.78, 5) is 34.2. The molecule has 4 aromatic rings. The van der Waals surface area contributed by atoms with E-state index >= 15 is 0 Å². The molecule has 298 valence electrons. The van der Waals surface area contributed by atoms with E-state index in [4.69, 9.17) is 14.7 Å². The number of hydrogen-bond acceptors (Lipinski definition) is 9. The van der Waals surface area contributed by atoms with Crippen LogP contribution in [0.2, 0.25) is 0 Å². The van der Waals surface area contributed by atoms with Crippen molar-refractivity contribution in [1.29, 1.82) is 0 Å². The van der Waals surface area contributed by atoms with Crippen LogP contribution in [-0.2, 0) is 4.79 Å². The molecule has 0 radical (unpaired) electrons. The first-order chi connectivity index (χ1) is 26.9. The summed E-state index contributed by atoms with van der Waals surface area (Å²) in [5.41, 5.74) is 4.67. The second kappa shape index (κ2) is 14.2. The predicted molar refractivity (Wildman–Crippen MR) is 212 cm³/mol. The Hall–Kier alpha value is -4.43. The average molecular weight is 772 g/mol. The minimum Gasteiger partial charge on any atom is -0.481 e. The summed E-state index contributed by atoms with van der Waals surface area (Å²) >= 11 is 0. The molecule has 1 amide bonds. The predicted octanol–water partition coefficient (Wildman–Crippen LogP) is 6.52. The van der Waals surface area contributed by atoms with Crippen LogP contribution in [0, 0.1) is 12.3 Å². The zero-order valence-corrected chi connectivity index (χ0v) is 32.7. The van der Waals surface area contributed by atoms with Gasteiger partial charge in [-0.25, -0.2) is 4.98 Å². The second-order valence-electron chi connectivity index (χ2n) is 17.2. The zero-order chi connectivity index (χ0) is 38.9. The number of benzene rings is 2. The first kappa shape index (κ1) is 37.2. The third-order valence-electron chi connectivity index (χ3n) is 13.3. The van der Waals surface area contributed by atoms with Crippen LogP contribution >= 0.6 is 0 Å². The number of hydrogen-bond donors (Lipinski definition) is 1. The van der Waals surface area contributed by atoms with Crippen molar-refractivity contribution in [3.8, 4) is 16.9 Å². The van der Waals surface area contributed by atoms with Crippen molar-refractivity contribution in [1.82, 2.24) is 34.9 Å². The van der Waals surface area contributed by atoms with E-state index in [0.717, 1.165) is 117 Å². The Balaban J connectivity index is 1.15. The van der Waals surface area contributed by atoms with Gasteiger partial charge in [-0.2, -0.15) is 23.3 Å². The fourth-order valence-electron chi connectivity index (χ4n) is 9.85. The molecule has 1 atom stereocenters. The molecule has 6 heterocycles. The topological polar surface area (TPSA) is 97.0 Å². The van der Waals surface area contributed by atoms with Gasteiger partial charge in [0.15, 0.2) is 12.4 Å². The number of anilines is 2. The van der Waals surface area contributed by atoms with E-state index in [0.29, 0.717) is 42.2 Å². The monoisotopic (exact) mass is 771 g/mol. The number of ether oxygens (including phenoxy) is 1. The van der Waals surface area contributed by atoms with Gasteiger partial charge in [0, 0.05) is 86.2 Å². The number of carbonyl (C=O) groups excluding carboxylic acids is 1. The number of piperidine rings is 2. The number of amides is 1. The fourth-order valence-corrected chi connectivity index (χ4v) is 9.85. The molecule has 1 N–H and O–H groups in total. The lowest BCUT2D eigenvalue weighted by Crippen LogP contribution is -2.61. The second-order valence-corrected chi connectivity index (χ2v) is 17.2. The van der Waals surface area contributed by atoms with Gasteiger partial charge in [-0.3, -0.25) is 14.8 Å². The van der Waals surface area contributed by atoms with Crippen LogP contribution in [0.1, 0.15) is 62.0 Å². The average Bonchev–Trinajstić information content (AvgIpc) is 3.69. The molecule has 1 aliphatic carbocycles. The van der Waals surface area contributed by atoms with Crippen LogP contribution in [0.15, 0.2) is 37.1 Å². The highest BCUT2D eigenvalue weighted by atomic mass is 19.4. The molecule has 1 saturated carbocycles. The number of halogens is 3. The summed E-state index contributed by atoms with van der Waals surface area (Å²) in [6.45, 7) is 10.8. The maximum Gasteiger partial charge on any atom is 0.422 e. The molecular weight excluding hydrogens is 720 g/mol. The van der Waals surface area contributed by atoms with Crippen LogP contribution < -0.4 is 14.5 Å². The Bertz CT molecular complexity index is 2140. The highest BCUT2D eigenvalue weighted by Crippen LogP contribution is 2.53. The number of aromatic nitrogens is 4. The van der Waals surface area contributed by atoms with Gasteiger partial charge in [0.2, 0.25) is 11.9 Å². The van der Waals surface area contributed by atoms with Gasteiger partial charge >= 0.3 is 6.18 Å². The highest BCUT2D eigenvalue weighted by molar-refractivity contribution is 6.06. The molecule has 14 heteroatoms. The Kier molecular flexibility index (Phi) is 9.42. The van der Waals surface area contributed by atoms with Crippen molar-refractivity contribution in [2.45, 2.75) is 76.0 Å². The van der Waals surface area contributed by atoms with Gasteiger partial charge in [-0.15, -0.1) is 0 Å². The van der Waals surface area contributed by atoms with Crippen molar-refractivity contribution in [3.05, 3.63) is 48.2 Å². The molecule has 11 nitrogen and oxygen atoms in total. The first-order valence-corrected chi connectivity index (χ1v) is 20.2. The molecule has 0 bridgehead atoms. The smallest absolute Gasteiger partial charge is 0.422 e. The summed E-state index contributed by atoms with van der Waals surface area (Å²) in [6, 6.07) is 7.13. The largest absolute Gasteiger partial charge is 0.481 e. The summed E-state index contributed by atoms with van der Waals surface area (Å²) in [5, 5.41) is 8.94. The number of H-pyrrole nitrogens is 1. The van der Waals surface area contributed by atoms with Crippen LogP contribution in [0.5, 0.6) is 5.75 Å². The summed E-state index contributed by atoms with van der Waals surface area (Å²) < 4.78 is 48.6. The number of aryl methyl sites for hydroxylation is 1. The molecule has 5 fully saturated rings. The standard InChI is InChI=1S/C42H52F3N9O2/c1-5-34(55)54-23-41(24-54)13-18-51(19-14-41)39-31-20-30(27-7-8-27)36(35-26(2)6-9-33-32(35)21-46-49-33)38(56-25-42(43,44)45)37(31)47-40(48-39)52-15-10-28(11-16-52)53-17-12-29(22-53)50(3)4/h5-6,9,20-21,27-29H,1,7-8,10-19,22-25H2,2-4H3,(H,46,49)/t29-/m0/s1. The number of likely N-dealkylation sites (tertiary alicyclic amines) is 2. The molecule has 5 aliphatic rings. The lowest BCUT2D eigenvalue weighted by atomic mass is 9.72. The summed E-state index contributed by atoms with van der Waals surface area (Å²) in [5.74, 6) is 1.59. The Labute approximate surface area is 325 Å². The molecule has 56 heavy (non-hydrogen) atoms. The van der Waals surface area contributed by atoms with Crippen LogP contribution in [0.3, 0.4) is 0 Å². The van der Waals surface area contributed by atoms with Crippen LogP contribution in [0.4, 0.5) is 24.9 Å². The highest BCUT2D eigenvalue weighted by Gasteiger charge is 2.47.